The van der Waals surface area contributed by atoms with Crippen LogP contribution in [0.5, 0.6) is 0 Å². The van der Waals surface area contributed by atoms with Crippen LogP contribution in [0.2, 0.25) is 0 Å². The van der Waals surface area contributed by atoms with Crippen LogP contribution in [0.15, 0.2) is 41.8 Å². The number of benzene rings is 1. The van der Waals surface area contributed by atoms with E-state index in [0.29, 0.717) is 23.0 Å². The van der Waals surface area contributed by atoms with Gasteiger partial charge in [-0.25, -0.2) is 9.78 Å². The number of ether oxygens (including phenoxy) is 1. The molecular weight excluding hydrogens is 338 g/mol. The zero-order chi connectivity index (χ0) is 17.6. The maximum Gasteiger partial charge on any atom is 0.337 e. The van der Waals surface area contributed by atoms with Crippen LogP contribution in [-0.2, 0) is 9.53 Å². The number of nitrogens with one attached hydrogen (secondary N) is 1. The van der Waals surface area contributed by atoms with Crippen molar-refractivity contribution in [2.24, 2.45) is 0 Å². The van der Waals surface area contributed by atoms with Crippen molar-refractivity contribution in [2.45, 2.75) is 36.9 Å². The highest BCUT2D eigenvalue weighted by Crippen LogP contribution is 2.32. The number of hydrogen-bond donors (Lipinski definition) is 1. The summed E-state index contributed by atoms with van der Waals surface area (Å²) in [7, 11) is 1.34. The molecule has 132 valence electrons. The number of anilines is 1. The van der Waals surface area contributed by atoms with Gasteiger partial charge in [0.05, 0.1) is 18.4 Å². The maximum atomic E-state index is 12.2. The summed E-state index contributed by atoms with van der Waals surface area (Å²) in [4.78, 5) is 27.9. The van der Waals surface area contributed by atoms with Gasteiger partial charge in [-0.2, -0.15) is 0 Å². The quantitative estimate of drug-likeness (QED) is 0.631. The molecule has 0 spiro atoms. The van der Waals surface area contributed by atoms with Gasteiger partial charge in [0.15, 0.2) is 5.16 Å². The number of nitrogens with zero attached hydrogens (tertiary/aromatic N) is 2. The normalized spacial score (nSPS) is 14.4. The van der Waals surface area contributed by atoms with E-state index in [-0.39, 0.29) is 5.91 Å². The smallest absolute Gasteiger partial charge is 0.337 e. The van der Waals surface area contributed by atoms with Crippen LogP contribution in [0.4, 0.5) is 5.69 Å². The Morgan fingerprint density at radius 3 is 2.68 bits per heavy atom. The second-order valence-electron chi connectivity index (χ2n) is 5.96. The SMILES string of the molecule is COC(=O)c1ccc(NC(=O)CSc2nccn2C2CCCC2)cc1. The Balaban J connectivity index is 1.53. The lowest BCUT2D eigenvalue weighted by Gasteiger charge is -2.14. The highest BCUT2D eigenvalue weighted by molar-refractivity contribution is 7.99. The molecule has 7 heteroatoms. The first-order valence-electron chi connectivity index (χ1n) is 8.31. The molecule has 0 bridgehead atoms. The van der Waals surface area contributed by atoms with Crippen molar-refractivity contribution in [3.8, 4) is 0 Å². The number of methoxy groups -OCH3 is 1. The first kappa shape index (κ1) is 17.5. The third-order valence-corrected chi connectivity index (χ3v) is 5.25. The average molecular weight is 359 g/mol. The van der Waals surface area contributed by atoms with Crippen molar-refractivity contribution in [3.63, 3.8) is 0 Å². The monoisotopic (exact) mass is 359 g/mol. The summed E-state index contributed by atoms with van der Waals surface area (Å²) in [6.45, 7) is 0. The molecule has 1 saturated carbocycles. The fourth-order valence-corrected chi connectivity index (χ4v) is 3.83. The largest absolute Gasteiger partial charge is 0.465 e. The zero-order valence-corrected chi connectivity index (χ0v) is 14.9. The van der Waals surface area contributed by atoms with Crippen LogP contribution >= 0.6 is 11.8 Å². The van der Waals surface area contributed by atoms with Crippen molar-refractivity contribution in [3.05, 3.63) is 42.2 Å². The number of thioether (sulfide) groups is 1. The molecule has 1 N–H and O–H groups in total. The van der Waals surface area contributed by atoms with Crippen molar-refractivity contribution < 1.29 is 14.3 Å². The predicted octanol–water partition coefficient (Wildman–Crippen LogP) is 3.52. The molecule has 3 rings (SSSR count). The predicted molar refractivity (Wildman–Crippen MR) is 96.9 cm³/mol. The lowest BCUT2D eigenvalue weighted by atomic mass is 10.2. The molecule has 1 fully saturated rings. The average Bonchev–Trinajstić information content (AvgIpc) is 3.31. The van der Waals surface area contributed by atoms with Crippen LogP contribution in [0, 0.1) is 0 Å². The number of esters is 1. The molecule has 0 atom stereocenters. The Morgan fingerprint density at radius 2 is 2.00 bits per heavy atom. The molecule has 1 aliphatic carbocycles. The molecule has 1 heterocycles. The third kappa shape index (κ3) is 4.42. The second kappa shape index (κ2) is 8.20. The molecule has 0 unspecified atom stereocenters. The van der Waals surface area contributed by atoms with E-state index in [4.69, 9.17) is 0 Å². The van der Waals surface area contributed by atoms with Gasteiger partial charge in [0.2, 0.25) is 5.91 Å². The van der Waals surface area contributed by atoms with Gasteiger partial charge in [0.25, 0.3) is 0 Å². The molecule has 6 nitrogen and oxygen atoms in total. The van der Waals surface area contributed by atoms with Crippen molar-refractivity contribution in [2.75, 3.05) is 18.2 Å². The summed E-state index contributed by atoms with van der Waals surface area (Å²) in [6, 6.07) is 7.14. The van der Waals surface area contributed by atoms with Crippen LogP contribution in [0.25, 0.3) is 0 Å². The molecule has 0 saturated heterocycles. The molecule has 25 heavy (non-hydrogen) atoms. The first-order valence-corrected chi connectivity index (χ1v) is 9.30. The van der Waals surface area contributed by atoms with E-state index in [1.54, 1.807) is 30.5 Å². The molecule has 1 amide bonds. The molecule has 0 radical (unpaired) electrons. The van der Waals surface area contributed by atoms with E-state index < -0.39 is 5.97 Å². The van der Waals surface area contributed by atoms with Crippen LogP contribution in [0.3, 0.4) is 0 Å². The molecule has 2 aromatic rings. The summed E-state index contributed by atoms with van der Waals surface area (Å²) in [5.74, 6) is -0.202. The third-order valence-electron chi connectivity index (χ3n) is 4.27. The van der Waals surface area contributed by atoms with Gasteiger partial charge in [0, 0.05) is 24.1 Å². The Morgan fingerprint density at radius 1 is 1.28 bits per heavy atom. The van der Waals surface area contributed by atoms with E-state index in [2.05, 4.69) is 19.6 Å². The summed E-state index contributed by atoms with van der Waals surface area (Å²) < 4.78 is 6.84. The van der Waals surface area contributed by atoms with E-state index in [9.17, 15) is 9.59 Å². The Bertz CT molecular complexity index is 736. The van der Waals surface area contributed by atoms with Gasteiger partial charge in [-0.1, -0.05) is 24.6 Å². The summed E-state index contributed by atoms with van der Waals surface area (Å²) in [5.41, 5.74) is 1.10. The van der Waals surface area contributed by atoms with Crippen molar-refractivity contribution >= 4 is 29.3 Å². The van der Waals surface area contributed by atoms with Crippen molar-refractivity contribution in [1.82, 2.24) is 9.55 Å². The van der Waals surface area contributed by atoms with Crippen LogP contribution < -0.4 is 5.32 Å². The Hall–Kier alpha value is -2.28. The summed E-state index contributed by atoms with van der Waals surface area (Å²) in [5, 5.41) is 3.72. The van der Waals surface area contributed by atoms with Gasteiger partial charge < -0.3 is 14.6 Å². The van der Waals surface area contributed by atoms with Gasteiger partial charge in [-0.15, -0.1) is 0 Å². The minimum absolute atomic E-state index is 0.100. The number of rotatable bonds is 6. The zero-order valence-electron chi connectivity index (χ0n) is 14.1. The summed E-state index contributed by atoms with van der Waals surface area (Å²) in [6.07, 6.45) is 8.68. The van der Waals surface area contributed by atoms with Gasteiger partial charge in [0.1, 0.15) is 0 Å². The minimum Gasteiger partial charge on any atom is -0.465 e. The number of carbonyl (C=O) groups excluding carboxylic acids is 2. The highest BCUT2D eigenvalue weighted by atomic mass is 32.2. The van der Waals surface area contributed by atoms with Gasteiger partial charge >= 0.3 is 5.97 Å². The number of hydrogen-bond acceptors (Lipinski definition) is 5. The maximum absolute atomic E-state index is 12.2. The minimum atomic E-state index is -0.396. The number of amides is 1. The molecule has 1 aromatic carbocycles. The van der Waals surface area contributed by atoms with Crippen molar-refractivity contribution in [1.29, 1.82) is 0 Å². The Labute approximate surface area is 151 Å². The lowest BCUT2D eigenvalue weighted by molar-refractivity contribution is -0.113. The Kier molecular flexibility index (Phi) is 5.75. The fraction of sp³-hybridized carbons (Fsp3) is 0.389. The molecule has 0 aliphatic heterocycles. The van der Waals surface area contributed by atoms with E-state index in [0.717, 1.165) is 5.16 Å². The number of imidazole rings is 1. The molecule has 1 aromatic heterocycles. The van der Waals surface area contributed by atoms with Crippen LogP contribution in [-0.4, -0.2) is 34.3 Å². The van der Waals surface area contributed by atoms with Gasteiger partial charge in [-0.3, -0.25) is 4.79 Å². The lowest BCUT2D eigenvalue weighted by Crippen LogP contribution is -2.15. The number of carbonyl (C=O) groups is 2. The highest BCUT2D eigenvalue weighted by Gasteiger charge is 2.19. The topological polar surface area (TPSA) is 73.2 Å². The van der Waals surface area contributed by atoms with Gasteiger partial charge in [-0.05, 0) is 37.1 Å². The van der Waals surface area contributed by atoms with E-state index >= 15 is 0 Å². The fourth-order valence-electron chi connectivity index (χ4n) is 3.01. The van der Waals surface area contributed by atoms with E-state index in [1.165, 1.54) is 44.6 Å². The summed E-state index contributed by atoms with van der Waals surface area (Å²) >= 11 is 1.45. The standard InChI is InChI=1S/C18H21N3O3S/c1-24-17(23)13-6-8-14(9-7-13)20-16(22)12-25-18-19-10-11-21(18)15-4-2-3-5-15/h6-11,15H,2-5,12H2,1H3,(H,20,22). The first-order chi connectivity index (χ1) is 12.2. The molecular formula is C18H21N3O3S. The van der Waals surface area contributed by atoms with E-state index in [1.807, 2.05) is 6.20 Å². The molecule has 1 aliphatic rings. The second-order valence-corrected chi connectivity index (χ2v) is 6.90. The van der Waals surface area contributed by atoms with Crippen LogP contribution in [0.1, 0.15) is 42.1 Å². The number of aromatic nitrogens is 2.